The lowest BCUT2D eigenvalue weighted by molar-refractivity contribution is -0.136. The number of carbonyl (C=O) groups is 1. The van der Waals surface area contributed by atoms with Crippen molar-refractivity contribution in [2.75, 3.05) is 52.4 Å². The molecule has 144 valence electrons. The first-order chi connectivity index (χ1) is 12.7. The molecule has 0 spiro atoms. The van der Waals surface area contributed by atoms with E-state index in [2.05, 4.69) is 4.90 Å². The van der Waals surface area contributed by atoms with Gasteiger partial charge in [0.15, 0.2) is 11.5 Å². The first-order valence-electron chi connectivity index (χ1n) is 9.51. The number of nitrogens with zero attached hydrogens (tertiary/aromatic N) is 2. The van der Waals surface area contributed by atoms with Gasteiger partial charge in [0.05, 0.1) is 21.3 Å². The van der Waals surface area contributed by atoms with Gasteiger partial charge in [-0.05, 0) is 12.8 Å². The maximum absolute atomic E-state index is 12.7. The molecule has 0 atom stereocenters. The van der Waals surface area contributed by atoms with E-state index in [0.29, 0.717) is 23.2 Å². The van der Waals surface area contributed by atoms with Gasteiger partial charge in [0.25, 0.3) is 0 Å². The lowest BCUT2D eigenvalue weighted by Crippen LogP contribution is -2.50. The van der Waals surface area contributed by atoms with Crippen LogP contribution in [0.15, 0.2) is 12.1 Å². The molecule has 0 unspecified atom stereocenters. The minimum Gasteiger partial charge on any atom is -0.493 e. The van der Waals surface area contributed by atoms with E-state index in [1.165, 1.54) is 19.3 Å². The van der Waals surface area contributed by atoms with Crippen LogP contribution in [-0.4, -0.2) is 58.3 Å². The average molecular weight is 362 g/mol. The van der Waals surface area contributed by atoms with Crippen molar-refractivity contribution in [3.63, 3.8) is 0 Å². The summed E-state index contributed by atoms with van der Waals surface area (Å²) in [6, 6.07) is 3.94. The minimum atomic E-state index is 0.247. The van der Waals surface area contributed by atoms with Crippen LogP contribution in [0.2, 0.25) is 0 Å². The van der Waals surface area contributed by atoms with E-state index in [4.69, 9.17) is 14.2 Å². The predicted molar refractivity (Wildman–Crippen MR) is 101 cm³/mol. The van der Waals surface area contributed by atoms with Gasteiger partial charge in [-0.25, -0.2) is 0 Å². The Bertz CT molecular complexity index is 595. The fourth-order valence-electron chi connectivity index (χ4n) is 4.04. The molecule has 26 heavy (non-hydrogen) atoms. The van der Waals surface area contributed by atoms with E-state index < -0.39 is 0 Å². The number of methoxy groups -OCH3 is 3. The van der Waals surface area contributed by atoms with Crippen LogP contribution in [0.4, 0.5) is 5.69 Å². The summed E-state index contributed by atoms with van der Waals surface area (Å²) in [4.78, 5) is 17.1. The second-order valence-corrected chi connectivity index (χ2v) is 7.03. The Balaban J connectivity index is 1.67. The molecule has 1 saturated heterocycles. The summed E-state index contributed by atoms with van der Waals surface area (Å²) in [6.45, 7) is 3.17. The number of rotatable bonds is 5. The van der Waals surface area contributed by atoms with Gasteiger partial charge in [-0.1, -0.05) is 19.3 Å². The second-order valence-electron chi connectivity index (χ2n) is 7.03. The van der Waals surface area contributed by atoms with E-state index in [0.717, 1.165) is 44.7 Å². The van der Waals surface area contributed by atoms with Crippen molar-refractivity contribution in [1.29, 1.82) is 0 Å². The molecule has 1 aliphatic carbocycles. The molecule has 1 aromatic rings. The number of ether oxygens (including phenoxy) is 3. The molecule has 6 nitrogen and oxygen atoms in total. The fourth-order valence-corrected chi connectivity index (χ4v) is 4.04. The third kappa shape index (κ3) is 3.84. The Labute approximate surface area is 156 Å². The maximum atomic E-state index is 12.7. The molecule has 1 aliphatic heterocycles. The lowest BCUT2D eigenvalue weighted by Gasteiger charge is -2.38. The van der Waals surface area contributed by atoms with Crippen LogP contribution in [0.25, 0.3) is 0 Å². The van der Waals surface area contributed by atoms with Gasteiger partial charge in [0.2, 0.25) is 11.7 Å². The quantitative estimate of drug-likeness (QED) is 0.806. The van der Waals surface area contributed by atoms with Crippen molar-refractivity contribution < 1.29 is 19.0 Å². The number of hydrogen-bond acceptors (Lipinski definition) is 5. The largest absolute Gasteiger partial charge is 0.493 e. The topological polar surface area (TPSA) is 51.2 Å². The highest BCUT2D eigenvalue weighted by atomic mass is 16.5. The smallest absolute Gasteiger partial charge is 0.225 e. The summed E-state index contributed by atoms with van der Waals surface area (Å²) in [5.74, 6) is 2.51. The molecule has 1 saturated carbocycles. The van der Waals surface area contributed by atoms with E-state index in [-0.39, 0.29) is 5.92 Å². The van der Waals surface area contributed by atoms with Crippen LogP contribution in [-0.2, 0) is 4.79 Å². The Morgan fingerprint density at radius 1 is 0.885 bits per heavy atom. The zero-order valence-electron chi connectivity index (χ0n) is 16.1. The number of anilines is 1. The Morgan fingerprint density at radius 3 is 1.96 bits per heavy atom. The van der Waals surface area contributed by atoms with Crippen molar-refractivity contribution in [2.24, 2.45) is 5.92 Å². The molecule has 1 amide bonds. The zero-order valence-corrected chi connectivity index (χ0v) is 16.1. The number of piperazine rings is 1. The highest BCUT2D eigenvalue weighted by molar-refractivity contribution is 5.79. The molecule has 1 heterocycles. The third-order valence-corrected chi connectivity index (χ3v) is 5.56. The number of benzene rings is 1. The Kier molecular flexibility index (Phi) is 6.12. The van der Waals surface area contributed by atoms with Crippen LogP contribution in [0.1, 0.15) is 32.1 Å². The second kappa shape index (κ2) is 8.52. The first kappa shape index (κ1) is 18.7. The fraction of sp³-hybridized carbons (Fsp3) is 0.650. The Morgan fingerprint density at radius 2 is 1.46 bits per heavy atom. The maximum Gasteiger partial charge on any atom is 0.225 e. The standard InChI is InChI=1S/C20H30N2O4/c1-24-17-13-16(14-18(25-2)19(17)26-3)21-9-11-22(12-10-21)20(23)15-7-5-4-6-8-15/h13-15H,4-12H2,1-3H3. The van der Waals surface area contributed by atoms with Gasteiger partial charge >= 0.3 is 0 Å². The monoisotopic (exact) mass is 362 g/mol. The van der Waals surface area contributed by atoms with Gasteiger partial charge in [-0.2, -0.15) is 0 Å². The van der Waals surface area contributed by atoms with Crippen LogP contribution in [0.3, 0.4) is 0 Å². The number of amides is 1. The SMILES string of the molecule is COc1cc(N2CCN(C(=O)C3CCCCC3)CC2)cc(OC)c1OC. The van der Waals surface area contributed by atoms with Crippen molar-refractivity contribution >= 4 is 11.6 Å². The summed E-state index contributed by atoms with van der Waals surface area (Å²) in [5, 5.41) is 0. The van der Waals surface area contributed by atoms with Crippen molar-refractivity contribution in [2.45, 2.75) is 32.1 Å². The molecule has 6 heteroatoms. The first-order valence-corrected chi connectivity index (χ1v) is 9.51. The average Bonchev–Trinajstić information content (AvgIpc) is 2.72. The molecule has 2 aliphatic rings. The molecular weight excluding hydrogens is 332 g/mol. The highest BCUT2D eigenvalue weighted by Gasteiger charge is 2.29. The zero-order chi connectivity index (χ0) is 18.5. The summed E-state index contributed by atoms with van der Waals surface area (Å²) >= 11 is 0. The number of hydrogen-bond donors (Lipinski definition) is 0. The summed E-state index contributed by atoms with van der Waals surface area (Å²) < 4.78 is 16.3. The molecule has 1 aromatic carbocycles. The van der Waals surface area contributed by atoms with Gasteiger partial charge < -0.3 is 24.0 Å². The van der Waals surface area contributed by atoms with E-state index in [9.17, 15) is 4.79 Å². The molecule has 0 radical (unpaired) electrons. The van der Waals surface area contributed by atoms with Crippen LogP contribution in [0.5, 0.6) is 17.2 Å². The van der Waals surface area contributed by atoms with Crippen molar-refractivity contribution in [1.82, 2.24) is 4.90 Å². The summed E-state index contributed by atoms with van der Waals surface area (Å²) in [7, 11) is 4.86. The minimum absolute atomic E-state index is 0.247. The molecular formula is C20H30N2O4. The van der Waals surface area contributed by atoms with Gasteiger partial charge in [0.1, 0.15) is 0 Å². The predicted octanol–water partition coefficient (Wildman–Crippen LogP) is 2.94. The molecule has 0 aromatic heterocycles. The third-order valence-electron chi connectivity index (χ3n) is 5.56. The van der Waals surface area contributed by atoms with Crippen molar-refractivity contribution in [3.8, 4) is 17.2 Å². The van der Waals surface area contributed by atoms with E-state index in [1.807, 2.05) is 17.0 Å². The van der Waals surface area contributed by atoms with Gasteiger partial charge in [0, 0.05) is 49.9 Å². The van der Waals surface area contributed by atoms with Crippen LogP contribution < -0.4 is 19.1 Å². The molecule has 0 N–H and O–H groups in total. The lowest BCUT2D eigenvalue weighted by atomic mass is 9.88. The summed E-state index contributed by atoms with van der Waals surface area (Å²) in [5.41, 5.74) is 1.03. The van der Waals surface area contributed by atoms with Crippen LogP contribution in [0, 0.1) is 5.92 Å². The van der Waals surface area contributed by atoms with Gasteiger partial charge in [-0.3, -0.25) is 4.79 Å². The van der Waals surface area contributed by atoms with E-state index >= 15 is 0 Å². The molecule has 0 bridgehead atoms. The molecule has 2 fully saturated rings. The van der Waals surface area contributed by atoms with E-state index in [1.54, 1.807) is 21.3 Å². The molecule has 3 rings (SSSR count). The van der Waals surface area contributed by atoms with Crippen LogP contribution >= 0.6 is 0 Å². The normalized spacial score (nSPS) is 18.6. The summed E-state index contributed by atoms with van der Waals surface area (Å²) in [6.07, 6.45) is 5.79. The Hall–Kier alpha value is -2.11. The number of carbonyl (C=O) groups excluding carboxylic acids is 1. The van der Waals surface area contributed by atoms with Gasteiger partial charge in [-0.15, -0.1) is 0 Å². The highest BCUT2D eigenvalue weighted by Crippen LogP contribution is 2.41. The van der Waals surface area contributed by atoms with Crippen molar-refractivity contribution in [3.05, 3.63) is 12.1 Å².